The summed E-state index contributed by atoms with van der Waals surface area (Å²) >= 11 is -2.56. The molecular formula is C29H44O3SSn. The Hall–Kier alpha value is -1.11. The van der Waals surface area contributed by atoms with Gasteiger partial charge in [-0.3, -0.25) is 0 Å². The molecule has 0 atom stereocenters. The van der Waals surface area contributed by atoms with Crippen LogP contribution in [0.25, 0.3) is 5.57 Å². The predicted octanol–water partition coefficient (Wildman–Crippen LogP) is 8.56. The molecule has 0 N–H and O–H groups in total. The first-order valence-corrected chi connectivity index (χ1v) is 22.2. The van der Waals surface area contributed by atoms with E-state index < -0.39 is 28.5 Å². The maximum absolute atomic E-state index is 12.7. The SMILES string of the molecule is CCC[CH2][Sn](/[CH]=C(\CCOS(=O)(=O)c1ccc(C)cc1)c1ccccc1)([CH2]CCC)[CH2]CCC. The number of hydrogen-bond acceptors (Lipinski definition) is 3. The van der Waals surface area contributed by atoms with Gasteiger partial charge in [-0.25, -0.2) is 0 Å². The Kier molecular flexibility index (Phi) is 12.9. The molecule has 0 saturated carbocycles. The molecule has 0 aliphatic rings. The fourth-order valence-corrected chi connectivity index (χ4v) is 20.9. The summed E-state index contributed by atoms with van der Waals surface area (Å²) in [6.07, 6.45) is 8.26. The van der Waals surface area contributed by atoms with Crippen LogP contribution in [0.2, 0.25) is 13.3 Å². The van der Waals surface area contributed by atoms with Gasteiger partial charge >= 0.3 is 214 Å². The molecule has 188 valence electrons. The van der Waals surface area contributed by atoms with Crippen molar-refractivity contribution < 1.29 is 12.6 Å². The zero-order valence-electron chi connectivity index (χ0n) is 21.7. The van der Waals surface area contributed by atoms with E-state index in [1.807, 2.05) is 25.1 Å². The van der Waals surface area contributed by atoms with Gasteiger partial charge in [0.15, 0.2) is 0 Å². The van der Waals surface area contributed by atoms with Gasteiger partial charge < -0.3 is 0 Å². The van der Waals surface area contributed by atoms with Crippen LogP contribution in [0.5, 0.6) is 0 Å². The van der Waals surface area contributed by atoms with Crippen LogP contribution >= 0.6 is 0 Å². The maximum atomic E-state index is 12.7. The van der Waals surface area contributed by atoms with Gasteiger partial charge in [0.05, 0.1) is 0 Å². The van der Waals surface area contributed by atoms with E-state index in [0.717, 1.165) is 5.56 Å². The first kappa shape index (κ1) is 29.1. The Bertz CT molecular complexity index is 944. The van der Waals surface area contributed by atoms with E-state index in [-0.39, 0.29) is 11.5 Å². The van der Waals surface area contributed by atoms with Crippen molar-refractivity contribution in [2.45, 2.75) is 90.8 Å². The molecule has 0 saturated heterocycles. The molecule has 0 aliphatic heterocycles. The molecule has 34 heavy (non-hydrogen) atoms. The van der Waals surface area contributed by atoms with Crippen molar-refractivity contribution in [3.05, 3.63) is 69.8 Å². The topological polar surface area (TPSA) is 43.4 Å². The quantitative estimate of drug-likeness (QED) is 0.145. The third-order valence-electron chi connectivity index (χ3n) is 6.63. The Morgan fingerprint density at radius 1 is 0.824 bits per heavy atom. The Balaban J connectivity index is 2.32. The molecule has 0 amide bonds. The van der Waals surface area contributed by atoms with Gasteiger partial charge in [-0.2, -0.15) is 0 Å². The van der Waals surface area contributed by atoms with Crippen LogP contribution in [0.15, 0.2) is 63.6 Å². The summed E-state index contributed by atoms with van der Waals surface area (Å²) in [5.74, 6) is 0. The van der Waals surface area contributed by atoms with Gasteiger partial charge in [-0.15, -0.1) is 0 Å². The molecular weight excluding hydrogens is 547 g/mol. The third kappa shape index (κ3) is 9.50. The molecule has 5 heteroatoms. The van der Waals surface area contributed by atoms with Crippen molar-refractivity contribution in [3.8, 4) is 0 Å². The summed E-state index contributed by atoms with van der Waals surface area (Å²) < 4.78 is 37.9. The van der Waals surface area contributed by atoms with E-state index in [9.17, 15) is 8.42 Å². The second kappa shape index (κ2) is 15.1. The fraction of sp³-hybridized carbons (Fsp3) is 0.517. The van der Waals surface area contributed by atoms with Gasteiger partial charge in [0.1, 0.15) is 0 Å². The Morgan fingerprint density at radius 2 is 1.35 bits per heavy atom. The summed E-state index contributed by atoms with van der Waals surface area (Å²) in [6.45, 7) is 9.00. The second-order valence-corrected chi connectivity index (χ2v) is 24.0. The molecule has 0 aromatic heterocycles. The van der Waals surface area contributed by atoms with E-state index >= 15 is 0 Å². The molecule has 0 fully saturated rings. The molecule has 0 unspecified atom stereocenters. The van der Waals surface area contributed by atoms with E-state index in [0.29, 0.717) is 6.42 Å². The summed E-state index contributed by atoms with van der Waals surface area (Å²) in [6, 6.07) is 17.4. The molecule has 0 heterocycles. The summed E-state index contributed by atoms with van der Waals surface area (Å²) in [5, 5.41) is 0. The minimum atomic E-state index is -3.75. The van der Waals surface area contributed by atoms with E-state index in [1.165, 1.54) is 63.0 Å². The average molecular weight is 591 g/mol. The van der Waals surface area contributed by atoms with Crippen LogP contribution in [0.1, 0.15) is 76.8 Å². The second-order valence-electron chi connectivity index (χ2n) is 9.55. The molecule has 0 spiro atoms. The molecule has 2 aromatic carbocycles. The number of hydrogen-bond donors (Lipinski definition) is 0. The standard InChI is InChI=1S/C17H17O3S.3C4H9.Sn/c1-14-8-10-17(11-9-14)21(18,19)20-13-12-15(2)16-6-4-3-5-7-16;3*1-3-4-2;/h2-11H,12-13H2,1H3;3*1,3-4H2,2H3;. The minimum absolute atomic E-state index is 0.175. The van der Waals surface area contributed by atoms with Gasteiger partial charge in [-0.05, 0) is 0 Å². The van der Waals surface area contributed by atoms with Crippen molar-refractivity contribution in [3.63, 3.8) is 0 Å². The van der Waals surface area contributed by atoms with Crippen molar-refractivity contribution in [2.24, 2.45) is 0 Å². The van der Waals surface area contributed by atoms with Crippen LogP contribution in [-0.2, 0) is 14.3 Å². The van der Waals surface area contributed by atoms with Crippen molar-refractivity contribution in [1.82, 2.24) is 0 Å². The van der Waals surface area contributed by atoms with Gasteiger partial charge in [0.2, 0.25) is 0 Å². The molecule has 0 bridgehead atoms. The average Bonchev–Trinajstić information content (AvgIpc) is 2.85. The first-order valence-electron chi connectivity index (χ1n) is 13.1. The van der Waals surface area contributed by atoms with E-state index in [4.69, 9.17) is 4.18 Å². The molecule has 2 rings (SSSR count). The fourth-order valence-electron chi connectivity index (χ4n) is 4.53. The number of aryl methyl sites for hydroxylation is 1. The number of unbranched alkanes of at least 4 members (excludes halogenated alkanes) is 3. The molecule has 2 aromatic rings. The molecule has 0 radical (unpaired) electrons. The van der Waals surface area contributed by atoms with Crippen molar-refractivity contribution in [1.29, 1.82) is 0 Å². The van der Waals surface area contributed by atoms with Crippen molar-refractivity contribution in [2.75, 3.05) is 6.61 Å². The van der Waals surface area contributed by atoms with E-state index in [2.05, 4.69) is 49.1 Å². The van der Waals surface area contributed by atoms with Crippen LogP contribution in [0, 0.1) is 6.92 Å². The van der Waals surface area contributed by atoms with Crippen molar-refractivity contribution >= 4 is 34.1 Å². The van der Waals surface area contributed by atoms with Crippen LogP contribution in [0.3, 0.4) is 0 Å². The monoisotopic (exact) mass is 592 g/mol. The van der Waals surface area contributed by atoms with Crippen LogP contribution in [0.4, 0.5) is 0 Å². The normalized spacial score (nSPS) is 12.8. The van der Waals surface area contributed by atoms with Gasteiger partial charge in [-0.1, -0.05) is 0 Å². The zero-order valence-corrected chi connectivity index (χ0v) is 25.4. The molecule has 3 nitrogen and oxygen atoms in total. The number of benzene rings is 2. The third-order valence-corrected chi connectivity index (χ3v) is 22.3. The predicted molar refractivity (Wildman–Crippen MR) is 148 cm³/mol. The van der Waals surface area contributed by atoms with Gasteiger partial charge in [0.25, 0.3) is 0 Å². The molecule has 0 aliphatic carbocycles. The zero-order chi connectivity index (χ0) is 24.9. The number of rotatable bonds is 16. The first-order chi connectivity index (χ1) is 16.4. The Morgan fingerprint density at radius 3 is 1.85 bits per heavy atom. The van der Waals surface area contributed by atoms with E-state index in [1.54, 1.807) is 12.1 Å². The van der Waals surface area contributed by atoms with Crippen LogP contribution in [-0.4, -0.2) is 33.4 Å². The summed E-state index contributed by atoms with van der Waals surface area (Å²) in [5.41, 5.74) is 3.53. The summed E-state index contributed by atoms with van der Waals surface area (Å²) in [7, 11) is -3.75. The van der Waals surface area contributed by atoms with Crippen LogP contribution < -0.4 is 0 Å². The Labute approximate surface area is 213 Å². The summed E-state index contributed by atoms with van der Waals surface area (Å²) in [4.78, 5) is 0.227. The van der Waals surface area contributed by atoms with Gasteiger partial charge in [0, 0.05) is 0 Å².